The van der Waals surface area contributed by atoms with Crippen molar-refractivity contribution < 1.29 is 9.53 Å². The van der Waals surface area contributed by atoms with Crippen LogP contribution in [0.25, 0.3) is 0 Å². The normalized spacial score (nSPS) is 20.2. The monoisotopic (exact) mass is 415 g/mol. The van der Waals surface area contributed by atoms with Crippen LogP contribution in [0.3, 0.4) is 0 Å². The zero-order valence-electron chi connectivity index (χ0n) is 18.5. The van der Waals surface area contributed by atoms with E-state index in [9.17, 15) is 4.79 Å². The third-order valence-corrected chi connectivity index (χ3v) is 5.72. The second-order valence-electron chi connectivity index (χ2n) is 8.48. The minimum absolute atomic E-state index is 0.0182. The van der Waals surface area contributed by atoms with Gasteiger partial charge in [0.15, 0.2) is 5.96 Å². The summed E-state index contributed by atoms with van der Waals surface area (Å²) < 4.78 is 5.80. The third kappa shape index (κ3) is 7.61. The number of nitrogens with one attached hydrogen (secondary N) is 2. The number of carbonyl (C=O) groups excluding carboxylic acids is 1. The number of carbonyl (C=O) groups is 1. The molecule has 166 valence electrons. The standard InChI is InChI=1S/C23H37N5O2/c1-27(2)22(29)17-26-23(25-16-21-7-3-6-14-30-21)24-15-19-8-10-20(11-9-19)18-28-12-4-5-13-28/h8-11,21H,3-7,12-18H2,1-2H3,(H2,24,25,26). The molecule has 0 radical (unpaired) electrons. The first-order valence-electron chi connectivity index (χ1n) is 11.2. The summed E-state index contributed by atoms with van der Waals surface area (Å²) >= 11 is 0. The Balaban J connectivity index is 1.54. The summed E-state index contributed by atoms with van der Waals surface area (Å²) in [4.78, 5) is 20.7. The molecule has 2 fully saturated rings. The number of nitrogens with zero attached hydrogens (tertiary/aromatic N) is 3. The fraction of sp³-hybridized carbons (Fsp3) is 0.652. The lowest BCUT2D eigenvalue weighted by atomic mass is 10.1. The van der Waals surface area contributed by atoms with Crippen molar-refractivity contribution in [3.63, 3.8) is 0 Å². The van der Waals surface area contributed by atoms with Gasteiger partial charge in [0, 0.05) is 33.8 Å². The number of likely N-dealkylation sites (tertiary alicyclic amines) is 1. The van der Waals surface area contributed by atoms with Gasteiger partial charge in [-0.2, -0.15) is 0 Å². The van der Waals surface area contributed by atoms with Crippen LogP contribution in [-0.2, 0) is 22.6 Å². The van der Waals surface area contributed by atoms with Gasteiger partial charge in [-0.25, -0.2) is 4.99 Å². The summed E-state index contributed by atoms with van der Waals surface area (Å²) in [6, 6.07) is 8.72. The minimum atomic E-state index is 0.0182. The summed E-state index contributed by atoms with van der Waals surface area (Å²) in [6.45, 7) is 5.78. The molecule has 2 aliphatic rings. The average Bonchev–Trinajstić information content (AvgIpc) is 3.27. The number of hydrogen-bond donors (Lipinski definition) is 2. The first-order valence-corrected chi connectivity index (χ1v) is 11.2. The number of likely N-dealkylation sites (N-methyl/N-ethyl adjacent to an activating group) is 1. The minimum Gasteiger partial charge on any atom is -0.376 e. The smallest absolute Gasteiger partial charge is 0.241 e. The molecule has 3 rings (SSSR count). The molecule has 7 nitrogen and oxygen atoms in total. The van der Waals surface area contributed by atoms with E-state index in [0.29, 0.717) is 19.0 Å². The molecule has 2 heterocycles. The van der Waals surface area contributed by atoms with Crippen molar-refractivity contribution in [2.24, 2.45) is 4.99 Å². The Kier molecular flexibility index (Phi) is 8.96. The first kappa shape index (κ1) is 22.6. The van der Waals surface area contributed by atoms with E-state index in [1.165, 1.54) is 37.9 Å². The van der Waals surface area contributed by atoms with Crippen molar-refractivity contribution in [1.29, 1.82) is 0 Å². The Bertz CT molecular complexity index is 677. The number of amides is 1. The highest BCUT2D eigenvalue weighted by Gasteiger charge is 2.15. The predicted octanol–water partition coefficient (Wildman–Crippen LogP) is 1.97. The van der Waals surface area contributed by atoms with Crippen LogP contribution in [-0.4, -0.2) is 74.7 Å². The van der Waals surface area contributed by atoms with Crippen LogP contribution >= 0.6 is 0 Å². The van der Waals surface area contributed by atoms with Gasteiger partial charge in [-0.1, -0.05) is 24.3 Å². The molecule has 0 saturated carbocycles. The molecule has 0 bridgehead atoms. The number of ether oxygens (including phenoxy) is 1. The summed E-state index contributed by atoms with van der Waals surface area (Å²) in [7, 11) is 3.52. The fourth-order valence-corrected chi connectivity index (χ4v) is 3.79. The molecule has 7 heteroatoms. The van der Waals surface area contributed by atoms with Gasteiger partial charge in [0.05, 0.1) is 19.2 Å². The number of benzene rings is 1. The lowest BCUT2D eigenvalue weighted by Crippen LogP contribution is -2.45. The van der Waals surface area contributed by atoms with Gasteiger partial charge in [-0.05, 0) is 56.3 Å². The SMILES string of the molecule is CN(C)C(=O)CNC(=NCc1ccc(CN2CCCC2)cc1)NCC1CCCCO1. The lowest BCUT2D eigenvalue weighted by molar-refractivity contribution is -0.127. The molecule has 1 aromatic carbocycles. The first-order chi connectivity index (χ1) is 14.6. The van der Waals surface area contributed by atoms with Crippen LogP contribution < -0.4 is 10.6 Å². The number of hydrogen-bond acceptors (Lipinski definition) is 4. The maximum Gasteiger partial charge on any atom is 0.241 e. The van der Waals surface area contributed by atoms with Crippen LogP contribution in [0.5, 0.6) is 0 Å². The largest absolute Gasteiger partial charge is 0.376 e. The zero-order chi connectivity index (χ0) is 21.2. The van der Waals surface area contributed by atoms with E-state index >= 15 is 0 Å². The van der Waals surface area contributed by atoms with Gasteiger partial charge in [-0.15, -0.1) is 0 Å². The molecule has 2 saturated heterocycles. The second kappa shape index (κ2) is 11.9. The molecular formula is C23H37N5O2. The van der Waals surface area contributed by atoms with Gasteiger partial charge < -0.3 is 20.3 Å². The van der Waals surface area contributed by atoms with Gasteiger partial charge in [0.2, 0.25) is 5.91 Å². The predicted molar refractivity (Wildman–Crippen MR) is 120 cm³/mol. The Labute approximate surface area is 180 Å². The van der Waals surface area contributed by atoms with Crippen molar-refractivity contribution in [2.45, 2.75) is 51.3 Å². The highest BCUT2D eigenvalue weighted by molar-refractivity contribution is 5.86. The Morgan fingerprint density at radius 2 is 1.83 bits per heavy atom. The van der Waals surface area contributed by atoms with Gasteiger partial charge in [0.25, 0.3) is 0 Å². The molecule has 0 spiro atoms. The van der Waals surface area contributed by atoms with E-state index in [2.05, 4.69) is 39.8 Å². The van der Waals surface area contributed by atoms with E-state index < -0.39 is 0 Å². The lowest BCUT2D eigenvalue weighted by Gasteiger charge is -2.24. The summed E-state index contributed by atoms with van der Waals surface area (Å²) in [5, 5.41) is 6.51. The quantitative estimate of drug-likeness (QED) is 0.502. The number of guanidine groups is 1. The van der Waals surface area contributed by atoms with Crippen LogP contribution in [0.4, 0.5) is 0 Å². The molecule has 1 unspecified atom stereocenters. The second-order valence-corrected chi connectivity index (χ2v) is 8.48. The van der Waals surface area contributed by atoms with Crippen molar-refractivity contribution in [1.82, 2.24) is 20.4 Å². The Morgan fingerprint density at radius 3 is 2.50 bits per heavy atom. The maximum absolute atomic E-state index is 12.0. The van der Waals surface area contributed by atoms with E-state index in [-0.39, 0.29) is 18.6 Å². The van der Waals surface area contributed by atoms with Gasteiger partial charge in [0.1, 0.15) is 0 Å². The van der Waals surface area contributed by atoms with Crippen molar-refractivity contribution in [3.05, 3.63) is 35.4 Å². The Morgan fingerprint density at radius 1 is 1.10 bits per heavy atom. The van der Waals surface area contributed by atoms with E-state index in [1.54, 1.807) is 19.0 Å². The molecule has 0 aliphatic carbocycles. The van der Waals surface area contributed by atoms with Gasteiger partial charge >= 0.3 is 0 Å². The third-order valence-electron chi connectivity index (χ3n) is 5.72. The number of aliphatic imine (C=N–C) groups is 1. The molecule has 30 heavy (non-hydrogen) atoms. The van der Waals surface area contributed by atoms with Crippen molar-refractivity contribution in [2.75, 3.05) is 46.9 Å². The molecule has 1 atom stereocenters. The van der Waals surface area contributed by atoms with Crippen LogP contribution in [0.1, 0.15) is 43.2 Å². The van der Waals surface area contributed by atoms with E-state index in [4.69, 9.17) is 9.73 Å². The van der Waals surface area contributed by atoms with Crippen LogP contribution in [0, 0.1) is 0 Å². The zero-order valence-corrected chi connectivity index (χ0v) is 18.5. The summed E-state index contributed by atoms with van der Waals surface area (Å²) in [6.07, 6.45) is 6.25. The molecule has 1 aromatic rings. The summed E-state index contributed by atoms with van der Waals surface area (Å²) in [5.74, 6) is 0.671. The van der Waals surface area contributed by atoms with Gasteiger partial charge in [-0.3, -0.25) is 9.69 Å². The van der Waals surface area contributed by atoms with Crippen LogP contribution in [0.2, 0.25) is 0 Å². The molecule has 0 aromatic heterocycles. The average molecular weight is 416 g/mol. The highest BCUT2D eigenvalue weighted by atomic mass is 16.5. The molecule has 2 N–H and O–H groups in total. The van der Waals surface area contributed by atoms with E-state index in [0.717, 1.165) is 31.6 Å². The van der Waals surface area contributed by atoms with E-state index in [1.807, 2.05) is 0 Å². The summed E-state index contributed by atoms with van der Waals surface area (Å²) in [5.41, 5.74) is 2.52. The molecule has 1 amide bonds. The van der Waals surface area contributed by atoms with Crippen molar-refractivity contribution >= 4 is 11.9 Å². The Hall–Kier alpha value is -2.12. The fourth-order valence-electron chi connectivity index (χ4n) is 3.79. The maximum atomic E-state index is 12.0. The molecular weight excluding hydrogens is 378 g/mol. The van der Waals surface area contributed by atoms with Crippen LogP contribution in [0.15, 0.2) is 29.3 Å². The highest BCUT2D eigenvalue weighted by Crippen LogP contribution is 2.14. The topological polar surface area (TPSA) is 69.2 Å². The number of rotatable bonds is 8. The van der Waals surface area contributed by atoms with Crippen molar-refractivity contribution in [3.8, 4) is 0 Å². The molecule has 2 aliphatic heterocycles.